The van der Waals surface area contributed by atoms with Crippen molar-refractivity contribution in [2.24, 2.45) is 0 Å². The zero-order chi connectivity index (χ0) is 17.5. The lowest BCUT2D eigenvalue weighted by Crippen LogP contribution is -2.45. The van der Waals surface area contributed by atoms with Crippen molar-refractivity contribution in [1.29, 1.82) is 0 Å². The predicted octanol–water partition coefficient (Wildman–Crippen LogP) is 1.82. The minimum Gasteiger partial charge on any atom is -0.350 e. The van der Waals surface area contributed by atoms with E-state index in [-0.39, 0.29) is 23.6 Å². The summed E-state index contributed by atoms with van der Waals surface area (Å²) < 4.78 is 0. The van der Waals surface area contributed by atoms with E-state index >= 15 is 0 Å². The van der Waals surface area contributed by atoms with Crippen molar-refractivity contribution in [3.8, 4) is 0 Å². The highest BCUT2D eigenvalue weighted by molar-refractivity contribution is 7.18. The Labute approximate surface area is 145 Å². The molecule has 1 aliphatic carbocycles. The second-order valence-corrected chi connectivity index (χ2v) is 8.60. The Morgan fingerprint density at radius 2 is 2.12 bits per heavy atom. The van der Waals surface area contributed by atoms with Gasteiger partial charge in [-0.3, -0.25) is 14.5 Å². The van der Waals surface area contributed by atoms with Crippen LogP contribution in [0.4, 0.5) is 0 Å². The third-order valence-electron chi connectivity index (χ3n) is 3.97. The van der Waals surface area contributed by atoms with Gasteiger partial charge in [0.15, 0.2) is 0 Å². The molecule has 0 fully saturated rings. The Bertz CT molecular complexity index is 831. The number of hydrogen-bond acceptors (Lipinski definition) is 5. The average Bonchev–Trinajstić information content (AvgIpc) is 2.94. The highest BCUT2D eigenvalue weighted by atomic mass is 32.1. The minimum absolute atomic E-state index is 0.0384. The van der Waals surface area contributed by atoms with Crippen molar-refractivity contribution in [3.63, 3.8) is 0 Å². The van der Waals surface area contributed by atoms with Crippen LogP contribution >= 0.6 is 11.3 Å². The molecular weight excluding hydrogens is 324 g/mol. The van der Waals surface area contributed by atoms with Crippen molar-refractivity contribution < 1.29 is 4.79 Å². The van der Waals surface area contributed by atoms with Gasteiger partial charge in [0.2, 0.25) is 5.91 Å². The molecule has 2 heterocycles. The van der Waals surface area contributed by atoms with Gasteiger partial charge in [-0.25, -0.2) is 4.98 Å². The predicted molar refractivity (Wildman–Crippen MR) is 96.5 cm³/mol. The molecule has 1 amide bonds. The SMILES string of the molecule is CN(CC(=O)NC(C)(C)C)Cc1nc2sc3c(c2c(=O)[nH]1)CCC3. The lowest BCUT2D eigenvalue weighted by molar-refractivity contribution is -0.123. The Morgan fingerprint density at radius 1 is 1.38 bits per heavy atom. The molecule has 24 heavy (non-hydrogen) atoms. The molecule has 0 aromatic carbocycles. The number of carbonyl (C=O) groups excluding carboxylic acids is 1. The zero-order valence-electron chi connectivity index (χ0n) is 14.7. The molecule has 2 aromatic rings. The molecule has 0 aliphatic heterocycles. The minimum atomic E-state index is -0.249. The van der Waals surface area contributed by atoms with Crippen LogP contribution < -0.4 is 10.9 Å². The second kappa shape index (κ2) is 6.29. The van der Waals surface area contributed by atoms with Crippen LogP contribution in [-0.2, 0) is 24.2 Å². The van der Waals surface area contributed by atoms with Gasteiger partial charge in [0.05, 0.1) is 18.5 Å². The number of carbonyl (C=O) groups is 1. The number of hydrogen-bond donors (Lipinski definition) is 2. The number of thiophene rings is 1. The first kappa shape index (κ1) is 17.1. The van der Waals surface area contributed by atoms with Crippen LogP contribution in [0, 0.1) is 0 Å². The Balaban J connectivity index is 1.74. The lowest BCUT2D eigenvalue weighted by Gasteiger charge is -2.23. The van der Waals surface area contributed by atoms with Gasteiger partial charge in [0.25, 0.3) is 5.56 Å². The molecule has 130 valence electrons. The standard InChI is InChI=1S/C17H24N4O2S/c1-17(2,3)20-13(22)9-21(4)8-12-18-15(23)14-10-6-5-7-11(10)24-16(14)19-12/h5-9H2,1-4H3,(H,20,22)(H,18,19,23). The summed E-state index contributed by atoms with van der Waals surface area (Å²) in [4.78, 5) is 35.9. The van der Waals surface area contributed by atoms with Crippen molar-refractivity contribution in [3.05, 3.63) is 26.6 Å². The van der Waals surface area contributed by atoms with Gasteiger partial charge in [0.1, 0.15) is 10.7 Å². The number of nitrogens with one attached hydrogen (secondary N) is 2. The quantitative estimate of drug-likeness (QED) is 0.883. The molecule has 0 unspecified atom stereocenters. The van der Waals surface area contributed by atoms with Gasteiger partial charge in [-0.2, -0.15) is 0 Å². The first-order chi connectivity index (χ1) is 11.2. The lowest BCUT2D eigenvalue weighted by atomic mass is 10.1. The Hall–Kier alpha value is -1.73. The number of rotatable bonds is 4. The highest BCUT2D eigenvalue weighted by Gasteiger charge is 2.21. The van der Waals surface area contributed by atoms with E-state index in [0.29, 0.717) is 12.4 Å². The monoisotopic (exact) mass is 348 g/mol. The van der Waals surface area contributed by atoms with E-state index in [2.05, 4.69) is 15.3 Å². The molecule has 2 N–H and O–H groups in total. The van der Waals surface area contributed by atoms with Gasteiger partial charge in [0, 0.05) is 10.4 Å². The van der Waals surface area contributed by atoms with Crippen LogP contribution in [0.2, 0.25) is 0 Å². The molecule has 2 aromatic heterocycles. The van der Waals surface area contributed by atoms with Crippen LogP contribution in [0.5, 0.6) is 0 Å². The summed E-state index contributed by atoms with van der Waals surface area (Å²) in [5.74, 6) is 0.571. The van der Waals surface area contributed by atoms with Crippen molar-refractivity contribution in [1.82, 2.24) is 20.2 Å². The maximum Gasteiger partial charge on any atom is 0.259 e. The molecule has 6 nitrogen and oxygen atoms in total. The van der Waals surface area contributed by atoms with Crippen LogP contribution in [0.25, 0.3) is 10.2 Å². The number of aryl methyl sites for hydroxylation is 2. The van der Waals surface area contributed by atoms with Crippen molar-refractivity contribution in [2.75, 3.05) is 13.6 Å². The largest absolute Gasteiger partial charge is 0.350 e. The third-order valence-corrected chi connectivity index (χ3v) is 5.16. The van der Waals surface area contributed by atoms with Crippen molar-refractivity contribution in [2.45, 2.75) is 52.1 Å². The first-order valence-corrected chi connectivity index (χ1v) is 9.07. The van der Waals surface area contributed by atoms with Crippen molar-refractivity contribution >= 4 is 27.5 Å². The molecule has 3 rings (SSSR count). The van der Waals surface area contributed by atoms with E-state index < -0.39 is 0 Å². The normalized spacial score (nSPS) is 14.4. The molecule has 0 spiro atoms. The maximum atomic E-state index is 12.4. The summed E-state index contributed by atoms with van der Waals surface area (Å²) in [5.41, 5.74) is 0.885. The van der Waals surface area contributed by atoms with Crippen LogP contribution in [0.1, 0.15) is 43.5 Å². The summed E-state index contributed by atoms with van der Waals surface area (Å²) >= 11 is 1.63. The van der Waals surface area contributed by atoms with Crippen LogP contribution in [0.3, 0.4) is 0 Å². The number of amides is 1. The molecule has 0 bridgehead atoms. The molecule has 7 heteroatoms. The molecule has 0 radical (unpaired) electrons. The molecule has 0 atom stereocenters. The molecule has 0 saturated carbocycles. The zero-order valence-corrected chi connectivity index (χ0v) is 15.5. The fourth-order valence-corrected chi connectivity index (χ4v) is 4.42. The summed E-state index contributed by atoms with van der Waals surface area (Å²) in [7, 11) is 1.85. The fourth-order valence-electron chi connectivity index (χ4n) is 3.14. The van der Waals surface area contributed by atoms with Gasteiger partial charge < -0.3 is 10.3 Å². The Morgan fingerprint density at radius 3 is 2.83 bits per heavy atom. The van der Waals surface area contributed by atoms with E-state index in [9.17, 15) is 9.59 Å². The first-order valence-electron chi connectivity index (χ1n) is 8.26. The highest BCUT2D eigenvalue weighted by Crippen LogP contribution is 2.34. The smallest absolute Gasteiger partial charge is 0.259 e. The third kappa shape index (κ3) is 3.67. The number of aromatic nitrogens is 2. The van der Waals surface area contributed by atoms with E-state index in [1.807, 2.05) is 32.7 Å². The average molecular weight is 348 g/mol. The number of likely N-dealkylation sites (N-methyl/N-ethyl adjacent to an activating group) is 1. The van der Waals surface area contributed by atoms with Gasteiger partial charge in [-0.05, 0) is 52.6 Å². The van der Waals surface area contributed by atoms with Crippen LogP contribution in [0.15, 0.2) is 4.79 Å². The summed E-state index contributed by atoms with van der Waals surface area (Å²) in [6.07, 6.45) is 3.16. The van der Waals surface area contributed by atoms with Gasteiger partial charge in [-0.15, -0.1) is 11.3 Å². The summed E-state index contributed by atoms with van der Waals surface area (Å²) in [6, 6.07) is 0. The number of H-pyrrole nitrogens is 1. The number of fused-ring (bicyclic) bond motifs is 3. The van der Waals surface area contributed by atoms with Crippen LogP contribution in [-0.4, -0.2) is 39.9 Å². The van der Waals surface area contributed by atoms with E-state index in [0.717, 1.165) is 29.5 Å². The summed E-state index contributed by atoms with van der Waals surface area (Å²) in [5, 5.41) is 3.70. The second-order valence-electron chi connectivity index (χ2n) is 7.52. The van der Waals surface area contributed by atoms with E-state index in [1.165, 1.54) is 10.4 Å². The molecule has 1 aliphatic rings. The number of nitrogens with zero attached hydrogens (tertiary/aromatic N) is 2. The van der Waals surface area contributed by atoms with Gasteiger partial charge >= 0.3 is 0 Å². The van der Waals surface area contributed by atoms with E-state index in [4.69, 9.17) is 0 Å². The van der Waals surface area contributed by atoms with E-state index in [1.54, 1.807) is 11.3 Å². The molecule has 0 saturated heterocycles. The number of aromatic amines is 1. The van der Waals surface area contributed by atoms with Gasteiger partial charge in [-0.1, -0.05) is 0 Å². The topological polar surface area (TPSA) is 78.1 Å². The summed E-state index contributed by atoms with van der Waals surface area (Å²) in [6.45, 7) is 6.56. The molecular formula is C17H24N4O2S. The maximum absolute atomic E-state index is 12.4. The fraction of sp³-hybridized carbons (Fsp3) is 0.588. The Kier molecular flexibility index (Phi) is 4.48.